The summed E-state index contributed by atoms with van der Waals surface area (Å²) in [5, 5.41) is 2.83. The van der Waals surface area contributed by atoms with Gasteiger partial charge in [0.25, 0.3) is 6.54 Å². The highest BCUT2D eigenvalue weighted by atomic mass is 16.3. The maximum absolute atomic E-state index is 10.0. The van der Waals surface area contributed by atoms with Gasteiger partial charge in [0.15, 0.2) is 0 Å². The molecule has 0 aliphatic carbocycles. The Morgan fingerprint density at radius 1 is 1.83 bits per heavy atom. The Labute approximate surface area is 35.9 Å². The van der Waals surface area contributed by atoms with E-state index < -0.39 is 0 Å². The highest BCUT2D eigenvalue weighted by Crippen LogP contribution is 1.82. The minimum absolute atomic E-state index is 0.458. The fourth-order valence-corrected chi connectivity index (χ4v) is 0.406. The van der Waals surface area contributed by atoms with Crippen LogP contribution < -0.4 is 5.32 Å². The van der Waals surface area contributed by atoms with Crippen LogP contribution in [-0.2, 0) is 0 Å². The molecule has 1 heterocycles. The zero-order valence-corrected chi connectivity index (χ0v) is 3.35. The molecule has 0 saturated carbocycles. The van der Waals surface area contributed by atoms with Gasteiger partial charge in [-0.1, -0.05) is 0 Å². The molecule has 3 nitrogen and oxygen atoms in total. The summed E-state index contributed by atoms with van der Waals surface area (Å²) in [6.07, 6.45) is 0. The van der Waals surface area contributed by atoms with Crippen LogP contribution in [0.2, 0.25) is 0 Å². The van der Waals surface area contributed by atoms with Crippen LogP contribution in [0.1, 0.15) is 0 Å². The molecule has 3 heteroatoms. The molecular formula is C3H6N2O+. The van der Waals surface area contributed by atoms with Crippen LogP contribution in [0, 0.1) is 11.5 Å². The molecule has 0 unspecified atom stereocenters. The van der Waals surface area contributed by atoms with Gasteiger partial charge in [-0.05, 0) is 0 Å². The van der Waals surface area contributed by atoms with Crippen molar-refractivity contribution in [3.8, 4) is 0 Å². The molecule has 33 valence electrons. The van der Waals surface area contributed by atoms with E-state index in [1.165, 1.54) is 0 Å². The van der Waals surface area contributed by atoms with Gasteiger partial charge in [-0.25, -0.2) is 0 Å². The lowest BCUT2D eigenvalue weighted by Crippen LogP contribution is -2.07. The summed E-state index contributed by atoms with van der Waals surface area (Å²) in [7, 11) is 0. The highest BCUT2D eigenvalue weighted by molar-refractivity contribution is 4.55. The van der Waals surface area contributed by atoms with Crippen LogP contribution in [0.4, 0.5) is 0 Å². The van der Waals surface area contributed by atoms with E-state index in [0.717, 1.165) is 11.3 Å². The van der Waals surface area contributed by atoms with Crippen molar-refractivity contribution in [3.63, 3.8) is 0 Å². The molecule has 1 saturated heterocycles. The standard InChI is InChI=1S/C3H6N2O/c6-5-2-1-4-3-5/h2,4H,1,3H2/q+1. The highest BCUT2D eigenvalue weighted by Gasteiger charge is 2.15. The number of nitroso groups, excluding NO2 is 1. The molecule has 6 heavy (non-hydrogen) atoms. The minimum Gasteiger partial charge on any atom is -0.251 e. The van der Waals surface area contributed by atoms with Crippen LogP contribution in [0.25, 0.3) is 0 Å². The van der Waals surface area contributed by atoms with Gasteiger partial charge in [-0.15, -0.1) is 0 Å². The summed E-state index contributed by atoms with van der Waals surface area (Å²) in [5.74, 6) is 0. The zero-order chi connectivity index (χ0) is 4.41. The summed E-state index contributed by atoms with van der Waals surface area (Å²) >= 11 is 0. The fraction of sp³-hybridized carbons (Fsp3) is 0.667. The van der Waals surface area contributed by atoms with Crippen molar-refractivity contribution in [2.75, 3.05) is 13.2 Å². The van der Waals surface area contributed by atoms with Crippen molar-refractivity contribution in [3.05, 3.63) is 11.5 Å². The molecule has 1 radical (unpaired) electrons. The first-order valence-electron chi connectivity index (χ1n) is 1.87. The second kappa shape index (κ2) is 1.34. The molecule has 0 aromatic rings. The smallest absolute Gasteiger partial charge is 0.251 e. The summed E-state index contributed by atoms with van der Waals surface area (Å²) in [5.41, 5.74) is 0. The third kappa shape index (κ3) is 0.542. The summed E-state index contributed by atoms with van der Waals surface area (Å²) in [4.78, 5) is 10.0. The van der Waals surface area contributed by atoms with Crippen molar-refractivity contribution >= 4 is 0 Å². The summed E-state index contributed by atoms with van der Waals surface area (Å²) in [6.45, 7) is 2.75. The molecular weight excluding hydrogens is 80.0 g/mol. The Balaban J connectivity index is 2.37. The second-order valence-corrected chi connectivity index (χ2v) is 1.21. The van der Waals surface area contributed by atoms with E-state index in [1.54, 1.807) is 6.54 Å². The Bertz CT molecular complexity index is 63.2. The van der Waals surface area contributed by atoms with E-state index in [9.17, 15) is 4.91 Å². The Kier molecular flexibility index (Phi) is 0.837. The molecule has 1 fully saturated rings. The van der Waals surface area contributed by atoms with E-state index >= 15 is 0 Å². The molecule has 0 spiro atoms. The molecule has 0 aromatic heterocycles. The maximum atomic E-state index is 10.0. The van der Waals surface area contributed by atoms with Gasteiger partial charge in [-0.2, -0.15) is 0 Å². The maximum Gasteiger partial charge on any atom is 0.281 e. The molecule has 0 aromatic carbocycles. The van der Waals surface area contributed by atoms with Crippen molar-refractivity contribution in [2.24, 2.45) is 0 Å². The molecule has 1 aliphatic rings. The van der Waals surface area contributed by atoms with Gasteiger partial charge in [0, 0.05) is 9.67 Å². The van der Waals surface area contributed by atoms with E-state index in [4.69, 9.17) is 0 Å². The zero-order valence-electron chi connectivity index (χ0n) is 3.35. The average Bonchev–Trinajstić information content (AvgIpc) is 1.86. The van der Waals surface area contributed by atoms with Crippen LogP contribution in [0.3, 0.4) is 0 Å². The molecule has 0 amide bonds. The Hall–Kier alpha value is -0.440. The van der Waals surface area contributed by atoms with Crippen molar-refractivity contribution in [2.45, 2.75) is 0 Å². The van der Waals surface area contributed by atoms with Gasteiger partial charge in [-0.3, -0.25) is 5.32 Å². The largest absolute Gasteiger partial charge is 0.281 e. The molecule has 0 atom stereocenters. The second-order valence-electron chi connectivity index (χ2n) is 1.21. The molecule has 0 bridgehead atoms. The van der Waals surface area contributed by atoms with Crippen molar-refractivity contribution < 1.29 is 4.76 Å². The first-order chi connectivity index (χ1) is 2.89. The van der Waals surface area contributed by atoms with E-state index in [0.29, 0.717) is 6.67 Å². The van der Waals surface area contributed by atoms with Crippen LogP contribution in [-0.4, -0.2) is 18.0 Å². The third-order valence-corrected chi connectivity index (χ3v) is 0.707. The van der Waals surface area contributed by atoms with Crippen LogP contribution in [0.5, 0.6) is 0 Å². The number of nitrogens with zero attached hydrogens (tertiary/aromatic N) is 1. The summed E-state index contributed by atoms with van der Waals surface area (Å²) < 4.78 is 0.875. The molecule has 1 rings (SSSR count). The van der Waals surface area contributed by atoms with Gasteiger partial charge in [0.05, 0.1) is 6.54 Å². The minimum atomic E-state index is 0.458. The van der Waals surface area contributed by atoms with Gasteiger partial charge >= 0.3 is 0 Å². The van der Waals surface area contributed by atoms with Gasteiger partial charge in [0.2, 0.25) is 6.67 Å². The third-order valence-electron chi connectivity index (χ3n) is 0.707. The summed E-state index contributed by atoms with van der Waals surface area (Å²) in [6, 6.07) is 0. The predicted molar refractivity (Wildman–Crippen MR) is 20.8 cm³/mol. The van der Waals surface area contributed by atoms with E-state index in [1.807, 2.05) is 0 Å². The number of hydrogen-bond donors (Lipinski definition) is 1. The van der Waals surface area contributed by atoms with Crippen molar-refractivity contribution in [1.29, 1.82) is 0 Å². The lowest BCUT2D eigenvalue weighted by Gasteiger charge is -1.67. The monoisotopic (exact) mass is 86.0 g/mol. The quantitative estimate of drug-likeness (QED) is 0.402. The first kappa shape index (κ1) is 3.74. The predicted octanol–water partition coefficient (Wildman–Crippen LogP) is -0.512. The van der Waals surface area contributed by atoms with Gasteiger partial charge in [0.1, 0.15) is 0 Å². The Morgan fingerprint density at radius 2 is 2.67 bits per heavy atom. The number of hydrogen-bond acceptors (Lipinski definition) is 2. The number of nitrogens with one attached hydrogen (secondary N) is 1. The average molecular weight is 86.1 g/mol. The topological polar surface area (TPSA) is 32.1 Å². The molecule has 1 aliphatic heterocycles. The van der Waals surface area contributed by atoms with Crippen LogP contribution in [0.15, 0.2) is 0 Å². The Morgan fingerprint density at radius 3 is 2.83 bits per heavy atom. The fourth-order valence-electron chi connectivity index (χ4n) is 0.406. The van der Waals surface area contributed by atoms with Crippen molar-refractivity contribution in [1.82, 2.24) is 5.32 Å². The lowest BCUT2D eigenvalue weighted by atomic mass is 10.7. The SMILES string of the molecule is O=[N+]1[CH]CNC1. The lowest BCUT2D eigenvalue weighted by molar-refractivity contribution is -0.492. The normalized spacial score (nSPS) is 22.3. The first-order valence-corrected chi connectivity index (χ1v) is 1.87. The van der Waals surface area contributed by atoms with Crippen LogP contribution >= 0.6 is 0 Å². The van der Waals surface area contributed by atoms with E-state index in [-0.39, 0.29) is 0 Å². The van der Waals surface area contributed by atoms with Gasteiger partial charge < -0.3 is 0 Å². The molecule has 1 N–H and O–H groups in total. The number of rotatable bonds is 0. The van der Waals surface area contributed by atoms with E-state index in [2.05, 4.69) is 5.32 Å².